The molecule has 2 heterocycles. The van der Waals surface area contributed by atoms with Gasteiger partial charge in [-0.1, -0.05) is 26.2 Å². The second-order valence-corrected chi connectivity index (χ2v) is 9.56. The van der Waals surface area contributed by atoms with Gasteiger partial charge >= 0.3 is 0 Å². The summed E-state index contributed by atoms with van der Waals surface area (Å²) in [6, 6.07) is 3.01. The molecule has 0 radical (unpaired) electrons. The number of amides is 2. The minimum atomic E-state index is -0.324. The number of nitrogens with zero attached hydrogens (tertiary/aromatic N) is 2. The van der Waals surface area contributed by atoms with Crippen LogP contribution in [0.2, 0.25) is 0 Å². The van der Waals surface area contributed by atoms with Gasteiger partial charge in [0.1, 0.15) is 6.54 Å². The molecule has 0 aromatic carbocycles. The van der Waals surface area contributed by atoms with Gasteiger partial charge in [0.15, 0.2) is 5.13 Å². The zero-order valence-electron chi connectivity index (χ0n) is 17.3. The molecular weight excluding hydrogens is 400 g/mol. The lowest BCUT2D eigenvalue weighted by molar-refractivity contribution is -0.122. The van der Waals surface area contributed by atoms with Gasteiger partial charge in [-0.15, -0.1) is 11.3 Å². The van der Waals surface area contributed by atoms with Gasteiger partial charge in [-0.25, -0.2) is 4.98 Å². The smallest absolute Gasteiger partial charge is 0.258 e. The Kier molecular flexibility index (Phi) is 6.32. The molecule has 30 heavy (non-hydrogen) atoms. The molecule has 1 unspecified atom stereocenters. The summed E-state index contributed by atoms with van der Waals surface area (Å²) in [6.45, 7) is 2.15. The molecule has 1 saturated carbocycles. The lowest BCUT2D eigenvalue weighted by Gasteiger charge is -2.22. The average Bonchev–Trinajstić information content (AvgIpc) is 3.11. The van der Waals surface area contributed by atoms with Gasteiger partial charge in [0, 0.05) is 23.2 Å². The molecule has 0 bridgehead atoms. The minimum Gasteiger partial charge on any atom is -0.352 e. The van der Waals surface area contributed by atoms with Crippen LogP contribution >= 0.6 is 11.3 Å². The van der Waals surface area contributed by atoms with E-state index < -0.39 is 0 Å². The zero-order valence-corrected chi connectivity index (χ0v) is 18.1. The first kappa shape index (κ1) is 20.8. The summed E-state index contributed by atoms with van der Waals surface area (Å²) in [5.74, 6) is 0.128. The highest BCUT2D eigenvalue weighted by atomic mass is 32.1. The molecule has 2 N–H and O–H groups in total. The first-order chi connectivity index (χ1) is 14.5. The van der Waals surface area contributed by atoms with Crippen molar-refractivity contribution in [2.45, 2.75) is 70.9 Å². The molecule has 2 aliphatic carbocycles. The van der Waals surface area contributed by atoms with E-state index in [1.54, 1.807) is 0 Å². The van der Waals surface area contributed by atoms with E-state index in [1.165, 1.54) is 45.5 Å². The van der Waals surface area contributed by atoms with Gasteiger partial charge in [-0.05, 0) is 44.1 Å². The predicted octanol–water partition coefficient (Wildman–Crippen LogP) is 3.13. The monoisotopic (exact) mass is 428 g/mol. The largest absolute Gasteiger partial charge is 0.352 e. The number of aromatic nitrogens is 2. The summed E-state index contributed by atoms with van der Waals surface area (Å²) in [5, 5.41) is 6.45. The third kappa shape index (κ3) is 4.98. The molecule has 2 aromatic heterocycles. The molecule has 160 valence electrons. The third-order valence-corrected chi connectivity index (χ3v) is 6.97. The average molecular weight is 429 g/mol. The molecule has 0 spiro atoms. The van der Waals surface area contributed by atoms with E-state index in [0.717, 1.165) is 50.6 Å². The fourth-order valence-electron chi connectivity index (χ4n) is 4.23. The van der Waals surface area contributed by atoms with E-state index >= 15 is 0 Å². The number of carbonyl (C=O) groups excluding carboxylic acids is 2. The van der Waals surface area contributed by atoms with Crippen molar-refractivity contribution in [3.63, 3.8) is 0 Å². The SMILES string of the molecule is CC1CCc2nc(NC(=O)c3ccc(=O)n(CC(=O)NC4CCCCC4)c3)sc2C1. The van der Waals surface area contributed by atoms with Crippen molar-refractivity contribution in [2.24, 2.45) is 5.92 Å². The van der Waals surface area contributed by atoms with Crippen molar-refractivity contribution in [3.8, 4) is 0 Å². The van der Waals surface area contributed by atoms with Crippen LogP contribution in [0.3, 0.4) is 0 Å². The molecule has 0 aliphatic heterocycles. The number of pyridine rings is 1. The Hall–Kier alpha value is -2.48. The van der Waals surface area contributed by atoms with Crippen molar-refractivity contribution in [1.29, 1.82) is 0 Å². The van der Waals surface area contributed by atoms with Crippen LogP contribution in [-0.4, -0.2) is 27.4 Å². The van der Waals surface area contributed by atoms with Crippen LogP contribution in [-0.2, 0) is 24.2 Å². The highest BCUT2D eigenvalue weighted by Crippen LogP contribution is 2.32. The van der Waals surface area contributed by atoms with Crippen LogP contribution in [0.1, 0.15) is 66.4 Å². The third-order valence-electron chi connectivity index (χ3n) is 5.94. The van der Waals surface area contributed by atoms with Crippen molar-refractivity contribution < 1.29 is 9.59 Å². The van der Waals surface area contributed by atoms with Gasteiger partial charge in [0.2, 0.25) is 5.91 Å². The van der Waals surface area contributed by atoms with Crippen molar-refractivity contribution in [2.75, 3.05) is 5.32 Å². The summed E-state index contributed by atoms with van der Waals surface area (Å²) < 4.78 is 1.29. The zero-order chi connectivity index (χ0) is 21.1. The lowest BCUT2D eigenvalue weighted by atomic mass is 9.93. The molecule has 2 aromatic rings. The van der Waals surface area contributed by atoms with Gasteiger partial charge in [0.25, 0.3) is 11.5 Å². The second-order valence-electron chi connectivity index (χ2n) is 8.48. The topological polar surface area (TPSA) is 93.1 Å². The van der Waals surface area contributed by atoms with Crippen molar-refractivity contribution >= 4 is 28.3 Å². The molecule has 1 atom stereocenters. The molecule has 2 amide bonds. The Morgan fingerprint density at radius 1 is 1.20 bits per heavy atom. The number of fused-ring (bicyclic) bond motifs is 1. The van der Waals surface area contributed by atoms with E-state index in [9.17, 15) is 14.4 Å². The Labute approximate surface area is 179 Å². The number of nitrogens with one attached hydrogen (secondary N) is 2. The van der Waals surface area contributed by atoms with Crippen LogP contribution in [0, 0.1) is 5.92 Å². The van der Waals surface area contributed by atoms with Gasteiger partial charge < -0.3 is 9.88 Å². The maximum Gasteiger partial charge on any atom is 0.258 e. The highest BCUT2D eigenvalue weighted by molar-refractivity contribution is 7.15. The molecule has 0 saturated heterocycles. The number of anilines is 1. The number of rotatable bonds is 5. The Balaban J connectivity index is 1.41. The van der Waals surface area contributed by atoms with E-state index in [1.807, 2.05) is 0 Å². The minimum absolute atomic E-state index is 0.0834. The van der Waals surface area contributed by atoms with Crippen molar-refractivity contribution in [1.82, 2.24) is 14.9 Å². The van der Waals surface area contributed by atoms with E-state index in [0.29, 0.717) is 16.6 Å². The second kappa shape index (κ2) is 9.12. The van der Waals surface area contributed by atoms with E-state index in [2.05, 4.69) is 22.5 Å². The molecule has 7 nitrogen and oxygen atoms in total. The number of hydrogen-bond acceptors (Lipinski definition) is 5. The predicted molar refractivity (Wildman–Crippen MR) is 117 cm³/mol. The molecule has 2 aliphatic rings. The molecular formula is C22H28N4O3S. The Bertz CT molecular complexity index is 991. The summed E-state index contributed by atoms with van der Waals surface area (Å²) in [4.78, 5) is 43.0. The lowest BCUT2D eigenvalue weighted by Crippen LogP contribution is -2.39. The first-order valence-electron chi connectivity index (χ1n) is 10.8. The Morgan fingerprint density at radius 3 is 2.80 bits per heavy atom. The fourth-order valence-corrected chi connectivity index (χ4v) is 5.39. The molecule has 4 rings (SSSR count). The highest BCUT2D eigenvalue weighted by Gasteiger charge is 2.21. The van der Waals surface area contributed by atoms with Crippen LogP contribution in [0.5, 0.6) is 0 Å². The fraction of sp³-hybridized carbons (Fsp3) is 0.545. The van der Waals surface area contributed by atoms with Gasteiger partial charge in [-0.2, -0.15) is 0 Å². The maximum atomic E-state index is 12.7. The standard InChI is InChI=1S/C22H28N4O3S/c1-14-7-9-17-18(11-14)30-22(24-17)25-21(29)15-8-10-20(28)26(12-15)13-19(27)23-16-5-3-2-4-6-16/h8,10,12,14,16H,2-7,9,11,13H2,1H3,(H,23,27)(H,24,25,29). The van der Waals surface area contributed by atoms with Crippen LogP contribution in [0.25, 0.3) is 0 Å². The molecule has 8 heteroatoms. The van der Waals surface area contributed by atoms with E-state index in [4.69, 9.17) is 0 Å². The number of carbonyl (C=O) groups is 2. The molecule has 1 fully saturated rings. The first-order valence-corrected chi connectivity index (χ1v) is 11.6. The number of aryl methyl sites for hydroxylation is 1. The van der Waals surface area contributed by atoms with E-state index in [-0.39, 0.29) is 30.0 Å². The number of thiazole rings is 1. The quantitative estimate of drug-likeness (QED) is 0.765. The van der Waals surface area contributed by atoms with Crippen molar-refractivity contribution in [3.05, 3.63) is 44.8 Å². The van der Waals surface area contributed by atoms with Gasteiger partial charge in [0.05, 0.1) is 11.3 Å². The van der Waals surface area contributed by atoms with Gasteiger partial charge in [-0.3, -0.25) is 19.7 Å². The summed E-state index contributed by atoms with van der Waals surface area (Å²) in [7, 11) is 0. The van der Waals surface area contributed by atoms with Crippen LogP contribution in [0.4, 0.5) is 5.13 Å². The normalized spacial score (nSPS) is 19.2. The van der Waals surface area contributed by atoms with Crippen LogP contribution < -0.4 is 16.2 Å². The summed E-state index contributed by atoms with van der Waals surface area (Å²) in [5.41, 5.74) is 1.11. The summed E-state index contributed by atoms with van der Waals surface area (Å²) >= 11 is 1.52. The van der Waals surface area contributed by atoms with Crippen LogP contribution in [0.15, 0.2) is 23.1 Å². The Morgan fingerprint density at radius 2 is 2.00 bits per heavy atom. The maximum absolute atomic E-state index is 12.7. The summed E-state index contributed by atoms with van der Waals surface area (Å²) in [6.07, 6.45) is 9.96. The number of hydrogen-bond donors (Lipinski definition) is 2.